The molecule has 0 amide bonds. The average molecular weight is 344 g/mol. The van der Waals surface area contributed by atoms with E-state index in [2.05, 4.69) is 11.8 Å². The summed E-state index contributed by atoms with van der Waals surface area (Å²) >= 11 is 0. The van der Waals surface area contributed by atoms with Gasteiger partial charge in [0.2, 0.25) is 10.0 Å². The predicted octanol–water partition coefficient (Wildman–Crippen LogP) is 1.64. The minimum absolute atomic E-state index is 0.101. The molecule has 134 valence electrons. The highest BCUT2D eigenvalue weighted by molar-refractivity contribution is 7.89. The van der Waals surface area contributed by atoms with Gasteiger partial charge in [-0.3, -0.25) is 4.90 Å². The van der Waals surface area contributed by atoms with Gasteiger partial charge in [0.05, 0.1) is 5.75 Å². The predicted molar refractivity (Wildman–Crippen MR) is 93.7 cm³/mol. The van der Waals surface area contributed by atoms with E-state index in [1.54, 1.807) is 0 Å². The summed E-state index contributed by atoms with van der Waals surface area (Å²) in [7, 11) is -3.21. The molecule has 3 aliphatic rings. The average Bonchev–Trinajstić information content (AvgIpc) is 2.54. The zero-order chi connectivity index (χ0) is 16.4. The van der Waals surface area contributed by atoms with Gasteiger partial charge in [-0.05, 0) is 57.0 Å². The van der Waals surface area contributed by atoms with E-state index in [4.69, 9.17) is 5.73 Å². The van der Waals surface area contributed by atoms with Gasteiger partial charge in [-0.1, -0.05) is 19.8 Å². The SMILES string of the molecule is CCCC[C@@H]1[C@H]2CCCN3CCC[C@@H](CN1S(=O)(=O)CCN)[C@@H]23. The lowest BCUT2D eigenvalue weighted by molar-refractivity contribution is -0.0523. The van der Waals surface area contributed by atoms with Crippen LogP contribution in [0.4, 0.5) is 0 Å². The molecule has 6 heteroatoms. The van der Waals surface area contributed by atoms with Crippen LogP contribution in [-0.4, -0.2) is 61.6 Å². The quantitative estimate of drug-likeness (QED) is 0.796. The van der Waals surface area contributed by atoms with Crippen LogP contribution in [0.15, 0.2) is 0 Å². The third-order valence-electron chi connectivity index (χ3n) is 6.21. The van der Waals surface area contributed by atoms with E-state index in [-0.39, 0.29) is 18.3 Å². The number of piperidine rings is 3. The first-order valence-corrected chi connectivity index (χ1v) is 11.1. The molecule has 0 bridgehead atoms. The number of rotatable bonds is 6. The lowest BCUT2D eigenvalue weighted by Gasteiger charge is -2.57. The minimum Gasteiger partial charge on any atom is -0.329 e. The van der Waals surface area contributed by atoms with E-state index in [0.717, 1.165) is 25.8 Å². The van der Waals surface area contributed by atoms with Crippen molar-refractivity contribution in [3.8, 4) is 0 Å². The summed E-state index contributed by atoms with van der Waals surface area (Å²) in [6.07, 6.45) is 8.09. The summed E-state index contributed by atoms with van der Waals surface area (Å²) in [5.41, 5.74) is 5.59. The molecule has 0 aromatic carbocycles. The van der Waals surface area contributed by atoms with Crippen molar-refractivity contribution >= 4 is 10.0 Å². The Kier molecular flexibility index (Phi) is 5.66. The molecule has 0 saturated carbocycles. The smallest absolute Gasteiger partial charge is 0.215 e. The fourth-order valence-electron chi connectivity index (χ4n) is 5.31. The zero-order valence-corrected chi connectivity index (χ0v) is 15.3. The largest absolute Gasteiger partial charge is 0.329 e. The highest BCUT2D eigenvalue weighted by Gasteiger charge is 2.50. The van der Waals surface area contributed by atoms with Crippen LogP contribution in [0, 0.1) is 11.8 Å². The molecular weight excluding hydrogens is 310 g/mol. The molecule has 3 saturated heterocycles. The molecule has 0 spiro atoms. The van der Waals surface area contributed by atoms with Gasteiger partial charge in [-0.2, -0.15) is 4.31 Å². The minimum atomic E-state index is -3.21. The van der Waals surface area contributed by atoms with Crippen molar-refractivity contribution in [1.82, 2.24) is 9.21 Å². The van der Waals surface area contributed by atoms with Gasteiger partial charge in [0, 0.05) is 25.2 Å². The Bertz CT molecular complexity index is 494. The third kappa shape index (κ3) is 3.46. The molecule has 0 aromatic heterocycles. The Morgan fingerprint density at radius 1 is 1.17 bits per heavy atom. The Morgan fingerprint density at radius 2 is 1.91 bits per heavy atom. The van der Waals surface area contributed by atoms with Crippen LogP contribution in [-0.2, 0) is 10.0 Å². The summed E-state index contributed by atoms with van der Waals surface area (Å²) in [5.74, 6) is 1.16. The zero-order valence-electron chi connectivity index (χ0n) is 14.5. The first-order chi connectivity index (χ1) is 11.1. The van der Waals surface area contributed by atoms with Gasteiger partial charge in [0.15, 0.2) is 0 Å². The molecule has 3 aliphatic heterocycles. The highest BCUT2D eigenvalue weighted by Crippen LogP contribution is 2.44. The van der Waals surface area contributed by atoms with Crippen molar-refractivity contribution in [3.05, 3.63) is 0 Å². The molecule has 2 N–H and O–H groups in total. The van der Waals surface area contributed by atoms with Crippen LogP contribution >= 0.6 is 0 Å². The monoisotopic (exact) mass is 343 g/mol. The van der Waals surface area contributed by atoms with Crippen LogP contribution in [0.3, 0.4) is 0 Å². The maximum atomic E-state index is 12.8. The van der Waals surface area contributed by atoms with Crippen LogP contribution in [0.25, 0.3) is 0 Å². The molecule has 3 rings (SSSR count). The Balaban J connectivity index is 1.89. The maximum absolute atomic E-state index is 12.8. The van der Waals surface area contributed by atoms with E-state index < -0.39 is 10.0 Å². The molecule has 3 heterocycles. The molecule has 4 atom stereocenters. The highest BCUT2D eigenvalue weighted by atomic mass is 32.2. The molecule has 0 aromatic rings. The van der Waals surface area contributed by atoms with Crippen LogP contribution in [0.1, 0.15) is 51.9 Å². The normalized spacial score (nSPS) is 35.9. The first kappa shape index (κ1) is 17.6. The van der Waals surface area contributed by atoms with Crippen molar-refractivity contribution in [2.45, 2.75) is 64.0 Å². The van der Waals surface area contributed by atoms with Crippen molar-refractivity contribution in [3.63, 3.8) is 0 Å². The summed E-state index contributed by atoms with van der Waals surface area (Å²) in [6.45, 7) is 5.58. The van der Waals surface area contributed by atoms with Crippen molar-refractivity contribution in [2.24, 2.45) is 17.6 Å². The standard InChI is InChI=1S/C17H33N3O2S/c1-2-3-8-16-15-7-5-11-19-10-4-6-14(17(15)19)13-20(16)23(21,22)12-9-18/h14-17H,2-13,18H2,1H3/t14-,15+,16+,17-/m0/s1. The molecule has 5 nitrogen and oxygen atoms in total. The fraction of sp³-hybridized carbons (Fsp3) is 1.00. The second kappa shape index (κ2) is 7.38. The first-order valence-electron chi connectivity index (χ1n) is 9.52. The topological polar surface area (TPSA) is 66.6 Å². The van der Waals surface area contributed by atoms with Crippen LogP contribution in [0.2, 0.25) is 0 Å². The molecule has 23 heavy (non-hydrogen) atoms. The molecule has 3 fully saturated rings. The van der Waals surface area contributed by atoms with E-state index in [9.17, 15) is 8.42 Å². The molecular formula is C17H33N3O2S. The fourth-order valence-corrected chi connectivity index (χ4v) is 6.94. The van der Waals surface area contributed by atoms with Gasteiger partial charge in [0.25, 0.3) is 0 Å². The van der Waals surface area contributed by atoms with Gasteiger partial charge >= 0.3 is 0 Å². The van der Waals surface area contributed by atoms with Crippen molar-refractivity contribution in [1.29, 1.82) is 0 Å². The number of nitrogens with zero attached hydrogens (tertiary/aromatic N) is 2. The number of nitrogens with two attached hydrogens (primary N) is 1. The van der Waals surface area contributed by atoms with Gasteiger partial charge < -0.3 is 5.73 Å². The van der Waals surface area contributed by atoms with E-state index >= 15 is 0 Å². The summed E-state index contributed by atoms with van der Waals surface area (Å²) in [4.78, 5) is 2.67. The van der Waals surface area contributed by atoms with Gasteiger partial charge in [-0.25, -0.2) is 8.42 Å². The van der Waals surface area contributed by atoms with Gasteiger partial charge in [0.1, 0.15) is 0 Å². The van der Waals surface area contributed by atoms with E-state index in [0.29, 0.717) is 17.9 Å². The Labute approximate surface area is 141 Å². The molecule has 0 unspecified atom stereocenters. The third-order valence-corrected chi connectivity index (χ3v) is 8.10. The van der Waals surface area contributed by atoms with Crippen LogP contribution < -0.4 is 5.73 Å². The van der Waals surface area contributed by atoms with Crippen LogP contribution in [0.5, 0.6) is 0 Å². The van der Waals surface area contributed by atoms with Crippen molar-refractivity contribution < 1.29 is 8.42 Å². The van der Waals surface area contributed by atoms with E-state index in [1.807, 2.05) is 4.31 Å². The number of hydrogen-bond donors (Lipinski definition) is 1. The lowest BCUT2D eigenvalue weighted by Crippen LogP contribution is -2.65. The summed E-state index contributed by atoms with van der Waals surface area (Å²) in [6, 6.07) is 0.831. The van der Waals surface area contributed by atoms with E-state index in [1.165, 1.54) is 38.8 Å². The number of hydrogen-bond acceptors (Lipinski definition) is 4. The number of sulfonamides is 1. The molecule has 0 radical (unpaired) electrons. The Morgan fingerprint density at radius 3 is 2.61 bits per heavy atom. The summed E-state index contributed by atoms with van der Waals surface area (Å²) < 4.78 is 27.5. The maximum Gasteiger partial charge on any atom is 0.215 e. The summed E-state index contributed by atoms with van der Waals surface area (Å²) in [5, 5.41) is 0. The molecule has 0 aliphatic carbocycles. The second-order valence-corrected chi connectivity index (χ2v) is 9.66. The lowest BCUT2D eigenvalue weighted by atomic mass is 9.70. The second-order valence-electron chi connectivity index (χ2n) is 7.62. The van der Waals surface area contributed by atoms with Crippen molar-refractivity contribution in [2.75, 3.05) is 31.9 Å². The van der Waals surface area contributed by atoms with Gasteiger partial charge in [-0.15, -0.1) is 0 Å². The Hall–Kier alpha value is -0.170. The number of unbranched alkanes of at least 4 members (excludes halogenated alkanes) is 1.